The lowest BCUT2D eigenvalue weighted by molar-refractivity contribution is 0.0609. The summed E-state index contributed by atoms with van der Waals surface area (Å²) in [5.74, 6) is -0.563. The smallest absolute Gasteiger partial charge is 0.254 e. The summed E-state index contributed by atoms with van der Waals surface area (Å²) in [5.41, 5.74) is 0.347. The highest BCUT2D eigenvalue weighted by molar-refractivity contribution is 6.06. The number of rotatable bonds is 2. The molecule has 0 saturated carbocycles. The second-order valence-corrected chi connectivity index (χ2v) is 7.03. The number of hydrogen-bond acceptors (Lipinski definition) is 3. The average Bonchev–Trinajstić information content (AvgIpc) is 3.15. The standard InChI is InChI=1S/C19H22FN3O2/c20-13-5-6-15-16(11-18(24)21-17(15)10-13)19(25)23-9-3-4-14(12-23)22-7-1-2-8-22/h5-6,10-11,14H,1-4,7-9,12H2,(H,21,24)/t14-/m0/s1. The van der Waals surface area contributed by atoms with Gasteiger partial charge in [-0.15, -0.1) is 0 Å². The van der Waals surface area contributed by atoms with Crippen LogP contribution in [0.1, 0.15) is 36.0 Å². The molecule has 0 radical (unpaired) electrons. The summed E-state index contributed by atoms with van der Waals surface area (Å²) in [5, 5.41) is 0.592. The molecule has 2 saturated heterocycles. The summed E-state index contributed by atoms with van der Waals surface area (Å²) in [6.07, 6.45) is 4.55. The lowest BCUT2D eigenvalue weighted by Gasteiger charge is -2.37. The predicted octanol–water partition coefficient (Wildman–Crippen LogP) is 2.37. The Morgan fingerprint density at radius 3 is 2.72 bits per heavy atom. The molecule has 1 atom stereocenters. The van der Waals surface area contributed by atoms with Crippen molar-refractivity contribution in [2.24, 2.45) is 0 Å². The molecule has 1 aromatic carbocycles. The number of H-pyrrole nitrogens is 1. The highest BCUT2D eigenvalue weighted by Crippen LogP contribution is 2.23. The van der Waals surface area contributed by atoms with E-state index in [2.05, 4.69) is 9.88 Å². The lowest BCUT2D eigenvalue weighted by Crippen LogP contribution is -2.49. The van der Waals surface area contributed by atoms with E-state index in [1.807, 2.05) is 4.90 Å². The molecule has 2 aromatic rings. The predicted molar refractivity (Wildman–Crippen MR) is 94.3 cm³/mol. The maximum Gasteiger partial charge on any atom is 0.254 e. The number of halogens is 1. The summed E-state index contributed by atoms with van der Waals surface area (Å²) in [6.45, 7) is 3.63. The van der Waals surface area contributed by atoms with Gasteiger partial charge >= 0.3 is 0 Å². The van der Waals surface area contributed by atoms with Crippen LogP contribution in [-0.2, 0) is 0 Å². The molecule has 0 aliphatic carbocycles. The number of aromatic amines is 1. The number of amides is 1. The first-order valence-corrected chi connectivity index (χ1v) is 8.98. The van der Waals surface area contributed by atoms with Crippen LogP contribution >= 0.6 is 0 Å². The van der Waals surface area contributed by atoms with E-state index in [1.165, 1.54) is 31.0 Å². The number of fused-ring (bicyclic) bond motifs is 1. The zero-order valence-corrected chi connectivity index (χ0v) is 14.1. The van der Waals surface area contributed by atoms with Crippen molar-refractivity contribution in [3.63, 3.8) is 0 Å². The largest absolute Gasteiger partial charge is 0.337 e. The van der Waals surface area contributed by atoms with E-state index in [9.17, 15) is 14.0 Å². The molecule has 0 spiro atoms. The van der Waals surface area contributed by atoms with Crippen LogP contribution in [0.15, 0.2) is 29.1 Å². The second-order valence-electron chi connectivity index (χ2n) is 7.03. The van der Waals surface area contributed by atoms with E-state index in [0.29, 0.717) is 35.6 Å². The third-order valence-electron chi connectivity index (χ3n) is 5.38. The van der Waals surface area contributed by atoms with E-state index in [-0.39, 0.29) is 11.5 Å². The molecule has 1 N–H and O–H groups in total. The van der Waals surface area contributed by atoms with Crippen LogP contribution in [0.25, 0.3) is 10.9 Å². The van der Waals surface area contributed by atoms with Gasteiger partial charge in [-0.2, -0.15) is 0 Å². The molecule has 25 heavy (non-hydrogen) atoms. The van der Waals surface area contributed by atoms with Crippen molar-refractivity contribution in [1.82, 2.24) is 14.8 Å². The summed E-state index contributed by atoms with van der Waals surface area (Å²) >= 11 is 0. The molecular formula is C19H22FN3O2. The number of aromatic nitrogens is 1. The summed E-state index contributed by atoms with van der Waals surface area (Å²) in [7, 11) is 0. The monoisotopic (exact) mass is 343 g/mol. The molecule has 4 rings (SSSR count). The van der Waals surface area contributed by atoms with Crippen molar-refractivity contribution in [2.45, 2.75) is 31.7 Å². The molecule has 1 amide bonds. The van der Waals surface area contributed by atoms with Gasteiger partial charge in [-0.05, 0) is 57.0 Å². The highest BCUT2D eigenvalue weighted by Gasteiger charge is 2.30. The fourth-order valence-corrected chi connectivity index (χ4v) is 4.12. The fraction of sp³-hybridized carbons (Fsp3) is 0.474. The van der Waals surface area contributed by atoms with E-state index in [1.54, 1.807) is 6.07 Å². The Balaban J connectivity index is 1.64. The van der Waals surface area contributed by atoms with Crippen LogP contribution in [0, 0.1) is 5.82 Å². The minimum atomic E-state index is -0.431. The quantitative estimate of drug-likeness (QED) is 0.911. The molecule has 0 bridgehead atoms. The third-order valence-corrected chi connectivity index (χ3v) is 5.38. The molecule has 6 heteroatoms. The zero-order valence-electron chi connectivity index (χ0n) is 14.1. The molecule has 5 nitrogen and oxygen atoms in total. The number of nitrogens with zero attached hydrogens (tertiary/aromatic N) is 2. The van der Waals surface area contributed by atoms with Crippen molar-refractivity contribution in [1.29, 1.82) is 0 Å². The topological polar surface area (TPSA) is 56.4 Å². The molecule has 3 heterocycles. The normalized spacial score (nSPS) is 21.8. The van der Waals surface area contributed by atoms with Gasteiger partial charge in [-0.3, -0.25) is 14.5 Å². The van der Waals surface area contributed by atoms with Crippen LogP contribution in [-0.4, -0.2) is 52.9 Å². The van der Waals surface area contributed by atoms with Crippen molar-refractivity contribution in [3.05, 3.63) is 46.0 Å². The van der Waals surface area contributed by atoms with E-state index >= 15 is 0 Å². The molecule has 2 aliphatic rings. The highest BCUT2D eigenvalue weighted by atomic mass is 19.1. The number of carbonyl (C=O) groups excluding carboxylic acids is 1. The Morgan fingerprint density at radius 2 is 1.92 bits per heavy atom. The van der Waals surface area contributed by atoms with E-state index in [4.69, 9.17) is 0 Å². The van der Waals surface area contributed by atoms with Gasteiger partial charge in [0.1, 0.15) is 5.82 Å². The summed E-state index contributed by atoms with van der Waals surface area (Å²) < 4.78 is 13.5. The van der Waals surface area contributed by atoms with Crippen molar-refractivity contribution < 1.29 is 9.18 Å². The fourth-order valence-electron chi connectivity index (χ4n) is 4.12. The van der Waals surface area contributed by atoms with E-state index in [0.717, 1.165) is 25.9 Å². The Hall–Kier alpha value is -2.21. The Bertz CT molecular complexity index is 857. The minimum absolute atomic E-state index is 0.133. The molecule has 2 aliphatic heterocycles. The van der Waals surface area contributed by atoms with Crippen LogP contribution in [0.5, 0.6) is 0 Å². The molecule has 1 aromatic heterocycles. The number of benzene rings is 1. The number of carbonyl (C=O) groups is 1. The first-order chi connectivity index (χ1) is 12.1. The zero-order chi connectivity index (χ0) is 17.4. The maximum absolute atomic E-state index is 13.5. The Labute approximate surface area is 145 Å². The molecule has 132 valence electrons. The van der Waals surface area contributed by atoms with Crippen molar-refractivity contribution in [3.8, 4) is 0 Å². The van der Waals surface area contributed by atoms with Gasteiger partial charge in [-0.25, -0.2) is 4.39 Å². The Kier molecular flexibility index (Phi) is 4.29. The SMILES string of the molecule is O=C(c1cc(=O)[nH]c2cc(F)ccc12)N1CCC[C@H](N2CCCC2)C1. The van der Waals surface area contributed by atoms with Crippen molar-refractivity contribution >= 4 is 16.8 Å². The van der Waals surface area contributed by atoms with Gasteiger partial charge in [0.25, 0.3) is 5.91 Å². The van der Waals surface area contributed by atoms with E-state index < -0.39 is 5.82 Å². The number of nitrogens with one attached hydrogen (secondary N) is 1. The van der Waals surface area contributed by atoms with Gasteiger partial charge in [0.2, 0.25) is 5.56 Å². The van der Waals surface area contributed by atoms with Crippen LogP contribution in [0.3, 0.4) is 0 Å². The van der Waals surface area contributed by atoms with Crippen LogP contribution in [0.4, 0.5) is 4.39 Å². The van der Waals surface area contributed by atoms with Gasteiger partial charge in [0.05, 0.1) is 11.1 Å². The van der Waals surface area contributed by atoms with Gasteiger partial charge in [-0.1, -0.05) is 0 Å². The van der Waals surface area contributed by atoms with Crippen LogP contribution in [0.2, 0.25) is 0 Å². The number of hydrogen-bond donors (Lipinski definition) is 1. The van der Waals surface area contributed by atoms with Gasteiger partial charge in [0, 0.05) is 30.6 Å². The Morgan fingerprint density at radius 1 is 1.12 bits per heavy atom. The van der Waals surface area contributed by atoms with Gasteiger partial charge < -0.3 is 9.88 Å². The summed E-state index contributed by atoms with van der Waals surface area (Å²) in [6, 6.07) is 5.89. The van der Waals surface area contributed by atoms with Crippen molar-refractivity contribution in [2.75, 3.05) is 26.2 Å². The molecular weight excluding hydrogens is 321 g/mol. The first kappa shape index (κ1) is 16.3. The second kappa shape index (κ2) is 6.59. The minimum Gasteiger partial charge on any atom is -0.337 e. The molecule has 2 fully saturated rings. The lowest BCUT2D eigenvalue weighted by atomic mass is 10.0. The third kappa shape index (κ3) is 3.18. The summed E-state index contributed by atoms with van der Waals surface area (Å²) in [4.78, 5) is 31.9. The molecule has 0 unspecified atom stereocenters. The average molecular weight is 343 g/mol. The number of likely N-dealkylation sites (tertiary alicyclic amines) is 2. The first-order valence-electron chi connectivity index (χ1n) is 8.98. The number of pyridine rings is 1. The number of piperidine rings is 1. The maximum atomic E-state index is 13.5. The van der Waals surface area contributed by atoms with Crippen LogP contribution < -0.4 is 5.56 Å². The van der Waals surface area contributed by atoms with Gasteiger partial charge in [0.15, 0.2) is 0 Å².